The van der Waals surface area contributed by atoms with Gasteiger partial charge in [0, 0.05) is 31.6 Å². The van der Waals surface area contributed by atoms with Crippen molar-refractivity contribution in [2.45, 2.75) is 18.9 Å². The monoisotopic (exact) mass is 474 g/mol. The predicted octanol–water partition coefficient (Wildman–Crippen LogP) is 4.96. The lowest BCUT2D eigenvalue weighted by molar-refractivity contribution is 0.0697. The molecule has 0 unspecified atom stereocenters. The van der Waals surface area contributed by atoms with Gasteiger partial charge in [-0.05, 0) is 60.4 Å². The van der Waals surface area contributed by atoms with E-state index in [4.69, 9.17) is 14.6 Å². The second-order valence-electron chi connectivity index (χ2n) is 8.79. The maximum atomic E-state index is 12.9. The fourth-order valence-electron chi connectivity index (χ4n) is 4.49. The van der Waals surface area contributed by atoms with Crippen LogP contribution in [0.4, 0.5) is 4.79 Å². The normalized spacial score (nSPS) is 18.2. The SMILES string of the molecule is COc1cccc([C@@H](C)NC[C@H]2CN(C(=O)Oc3ccc(C(=O)O)cc3)C[C@@H]2c2ccccc2)c1. The Bertz CT molecular complexity index is 1150. The number of aromatic carboxylic acids is 1. The average Bonchev–Trinajstić information content (AvgIpc) is 3.32. The lowest BCUT2D eigenvalue weighted by atomic mass is 9.88. The van der Waals surface area contributed by atoms with Crippen molar-refractivity contribution in [2.75, 3.05) is 26.7 Å². The van der Waals surface area contributed by atoms with Crippen molar-refractivity contribution in [1.29, 1.82) is 0 Å². The van der Waals surface area contributed by atoms with Crippen LogP contribution in [0.15, 0.2) is 78.9 Å². The number of hydrogen-bond donors (Lipinski definition) is 2. The summed E-state index contributed by atoms with van der Waals surface area (Å²) >= 11 is 0. The second-order valence-corrected chi connectivity index (χ2v) is 8.79. The molecule has 4 rings (SSSR count). The molecule has 0 radical (unpaired) electrons. The van der Waals surface area contributed by atoms with Crippen LogP contribution < -0.4 is 14.8 Å². The summed E-state index contributed by atoms with van der Waals surface area (Å²) in [4.78, 5) is 25.7. The first-order valence-corrected chi connectivity index (χ1v) is 11.7. The predicted molar refractivity (Wildman–Crippen MR) is 133 cm³/mol. The van der Waals surface area contributed by atoms with E-state index in [0.717, 1.165) is 17.9 Å². The van der Waals surface area contributed by atoms with Crippen LogP contribution in [-0.4, -0.2) is 48.8 Å². The molecular weight excluding hydrogens is 444 g/mol. The Morgan fingerprint density at radius 1 is 1.00 bits per heavy atom. The lowest BCUT2D eigenvalue weighted by Gasteiger charge is -2.22. The van der Waals surface area contributed by atoms with E-state index in [1.54, 1.807) is 12.0 Å². The van der Waals surface area contributed by atoms with Gasteiger partial charge in [0.2, 0.25) is 0 Å². The highest BCUT2D eigenvalue weighted by Gasteiger charge is 2.37. The molecule has 0 bridgehead atoms. The third-order valence-corrected chi connectivity index (χ3v) is 6.51. The van der Waals surface area contributed by atoms with E-state index in [9.17, 15) is 9.59 Å². The number of rotatable bonds is 8. The molecule has 0 spiro atoms. The van der Waals surface area contributed by atoms with E-state index in [2.05, 4.69) is 30.4 Å². The van der Waals surface area contributed by atoms with Gasteiger partial charge in [-0.15, -0.1) is 0 Å². The number of ether oxygens (including phenoxy) is 2. The van der Waals surface area contributed by atoms with Crippen LogP contribution in [0.1, 0.15) is 40.4 Å². The standard InChI is InChI=1S/C28H30N2O5/c1-19(22-9-6-10-25(15-22)34-2)29-16-23-17-30(18-26(23)20-7-4-3-5-8-20)28(33)35-24-13-11-21(12-14-24)27(31)32/h3-15,19,23,26,29H,16-18H2,1-2H3,(H,31,32)/t19-,23+,26-/m1/s1. The van der Waals surface area contributed by atoms with Crippen LogP contribution >= 0.6 is 0 Å². The van der Waals surface area contributed by atoms with Gasteiger partial charge in [-0.1, -0.05) is 42.5 Å². The largest absolute Gasteiger partial charge is 0.497 e. The zero-order valence-electron chi connectivity index (χ0n) is 19.9. The topological polar surface area (TPSA) is 88.1 Å². The number of hydrogen-bond acceptors (Lipinski definition) is 5. The van der Waals surface area contributed by atoms with Crippen molar-refractivity contribution in [3.63, 3.8) is 0 Å². The summed E-state index contributed by atoms with van der Waals surface area (Å²) in [6.07, 6.45) is -0.433. The summed E-state index contributed by atoms with van der Waals surface area (Å²) in [6.45, 7) is 3.96. The zero-order chi connectivity index (χ0) is 24.8. The van der Waals surface area contributed by atoms with E-state index >= 15 is 0 Å². The molecule has 7 heteroatoms. The molecule has 2 N–H and O–H groups in total. The van der Waals surface area contributed by atoms with Crippen molar-refractivity contribution in [3.05, 3.63) is 95.6 Å². The van der Waals surface area contributed by atoms with Gasteiger partial charge >= 0.3 is 12.1 Å². The van der Waals surface area contributed by atoms with E-state index in [-0.39, 0.29) is 23.4 Å². The molecule has 182 valence electrons. The number of carbonyl (C=O) groups is 2. The van der Waals surface area contributed by atoms with Crippen LogP contribution in [0.2, 0.25) is 0 Å². The number of nitrogens with one attached hydrogen (secondary N) is 1. The number of amides is 1. The number of methoxy groups -OCH3 is 1. The summed E-state index contributed by atoms with van der Waals surface area (Å²) in [6, 6.07) is 24.2. The molecule has 35 heavy (non-hydrogen) atoms. The smallest absolute Gasteiger partial charge is 0.415 e. The second kappa shape index (κ2) is 11.1. The molecule has 7 nitrogen and oxygen atoms in total. The lowest BCUT2D eigenvalue weighted by Crippen LogP contribution is -2.33. The Morgan fingerprint density at radius 3 is 2.43 bits per heavy atom. The number of likely N-dealkylation sites (tertiary alicyclic amines) is 1. The average molecular weight is 475 g/mol. The fraction of sp³-hybridized carbons (Fsp3) is 0.286. The third kappa shape index (κ3) is 6.00. The molecule has 0 aromatic heterocycles. The Hall–Kier alpha value is -3.84. The molecule has 1 heterocycles. The van der Waals surface area contributed by atoms with Crippen molar-refractivity contribution in [2.24, 2.45) is 5.92 Å². The first kappa shape index (κ1) is 24.3. The van der Waals surface area contributed by atoms with Gasteiger partial charge in [0.15, 0.2) is 0 Å². The molecular formula is C28H30N2O5. The van der Waals surface area contributed by atoms with E-state index < -0.39 is 12.1 Å². The van der Waals surface area contributed by atoms with Crippen LogP contribution in [-0.2, 0) is 0 Å². The first-order chi connectivity index (χ1) is 16.9. The molecule has 1 aliphatic heterocycles. The first-order valence-electron chi connectivity index (χ1n) is 11.7. The van der Waals surface area contributed by atoms with Crippen molar-refractivity contribution >= 4 is 12.1 Å². The van der Waals surface area contributed by atoms with Crippen molar-refractivity contribution < 1.29 is 24.2 Å². The summed E-state index contributed by atoms with van der Waals surface area (Å²) in [7, 11) is 1.66. The molecule has 3 aromatic rings. The summed E-state index contributed by atoms with van der Waals surface area (Å²) in [5.41, 5.74) is 2.47. The Kier molecular flexibility index (Phi) is 7.67. The Labute approximate surface area is 205 Å². The van der Waals surface area contributed by atoms with Gasteiger partial charge < -0.3 is 24.8 Å². The Morgan fingerprint density at radius 2 is 1.74 bits per heavy atom. The van der Waals surface area contributed by atoms with E-state index in [1.807, 2.05) is 36.4 Å². The number of carboxylic acid groups (broad SMARTS) is 1. The number of carboxylic acids is 1. The van der Waals surface area contributed by atoms with Gasteiger partial charge in [0.25, 0.3) is 0 Å². The third-order valence-electron chi connectivity index (χ3n) is 6.51. The minimum Gasteiger partial charge on any atom is -0.497 e. The molecule has 0 saturated carbocycles. The zero-order valence-corrected chi connectivity index (χ0v) is 19.9. The number of nitrogens with zero attached hydrogens (tertiary/aromatic N) is 1. The Balaban J connectivity index is 1.44. The van der Waals surface area contributed by atoms with Crippen LogP contribution in [0, 0.1) is 5.92 Å². The maximum absolute atomic E-state index is 12.9. The van der Waals surface area contributed by atoms with Gasteiger partial charge in [-0.2, -0.15) is 0 Å². The molecule has 1 aliphatic rings. The number of benzene rings is 3. The van der Waals surface area contributed by atoms with Crippen LogP contribution in [0.3, 0.4) is 0 Å². The van der Waals surface area contributed by atoms with Gasteiger partial charge in [0.1, 0.15) is 11.5 Å². The summed E-state index contributed by atoms with van der Waals surface area (Å²) < 4.78 is 10.9. The molecule has 3 aromatic carbocycles. The van der Waals surface area contributed by atoms with Gasteiger partial charge in [0.05, 0.1) is 12.7 Å². The quantitative estimate of drug-likeness (QED) is 0.480. The molecule has 1 amide bonds. The highest BCUT2D eigenvalue weighted by Crippen LogP contribution is 2.33. The van der Waals surface area contributed by atoms with Gasteiger partial charge in [-0.25, -0.2) is 9.59 Å². The molecule has 1 saturated heterocycles. The number of carbonyl (C=O) groups excluding carboxylic acids is 1. The van der Waals surface area contributed by atoms with Crippen LogP contribution in [0.25, 0.3) is 0 Å². The summed E-state index contributed by atoms with van der Waals surface area (Å²) in [5, 5.41) is 12.7. The molecule has 1 fully saturated rings. The van der Waals surface area contributed by atoms with Crippen molar-refractivity contribution in [1.82, 2.24) is 10.2 Å². The molecule has 0 aliphatic carbocycles. The van der Waals surface area contributed by atoms with E-state index in [0.29, 0.717) is 18.8 Å². The van der Waals surface area contributed by atoms with E-state index in [1.165, 1.54) is 29.8 Å². The maximum Gasteiger partial charge on any atom is 0.415 e. The minimum absolute atomic E-state index is 0.121. The summed E-state index contributed by atoms with van der Waals surface area (Å²) in [5.74, 6) is 0.496. The van der Waals surface area contributed by atoms with Crippen molar-refractivity contribution in [3.8, 4) is 11.5 Å². The minimum atomic E-state index is -1.02. The van der Waals surface area contributed by atoms with Gasteiger partial charge in [-0.3, -0.25) is 0 Å². The highest BCUT2D eigenvalue weighted by atomic mass is 16.6. The van der Waals surface area contributed by atoms with Crippen LogP contribution in [0.5, 0.6) is 11.5 Å². The highest BCUT2D eigenvalue weighted by molar-refractivity contribution is 5.87. The fourth-order valence-corrected chi connectivity index (χ4v) is 4.49. The molecule has 3 atom stereocenters.